The Morgan fingerprint density at radius 1 is 1.30 bits per heavy atom. The minimum atomic E-state index is 0.162. The van der Waals surface area contributed by atoms with Crippen LogP contribution in [0.15, 0.2) is 43.0 Å². The van der Waals surface area contributed by atoms with Gasteiger partial charge < -0.3 is 4.90 Å². The topological polar surface area (TPSA) is 23.6 Å². The molecule has 0 N–H and O–H groups in total. The molecular formula is C17H26N2O. The maximum atomic E-state index is 12.1. The predicted octanol–water partition coefficient (Wildman–Crippen LogP) is 2.58. The fraction of sp³-hybridized carbons (Fsp3) is 0.471. The van der Waals surface area contributed by atoms with E-state index in [1.807, 2.05) is 45.2 Å². The molecule has 20 heavy (non-hydrogen) atoms. The largest absolute Gasteiger partial charge is 0.342 e. The summed E-state index contributed by atoms with van der Waals surface area (Å²) >= 11 is 0. The van der Waals surface area contributed by atoms with E-state index in [1.165, 1.54) is 5.56 Å². The molecule has 0 aliphatic carbocycles. The summed E-state index contributed by atoms with van der Waals surface area (Å²) in [5.74, 6) is 0.162. The predicted molar refractivity (Wildman–Crippen MR) is 84.7 cm³/mol. The van der Waals surface area contributed by atoms with E-state index in [2.05, 4.69) is 23.6 Å². The Hall–Kier alpha value is -1.61. The van der Waals surface area contributed by atoms with Gasteiger partial charge in [0.15, 0.2) is 0 Å². The van der Waals surface area contributed by atoms with E-state index in [4.69, 9.17) is 0 Å². The SMILES string of the molecule is C=CCN(CCc1ccccc1)CC(=O)N(C)C(C)C. The van der Waals surface area contributed by atoms with Crippen molar-refractivity contribution in [1.29, 1.82) is 0 Å². The molecule has 0 saturated heterocycles. The van der Waals surface area contributed by atoms with Crippen LogP contribution in [0.3, 0.4) is 0 Å². The molecule has 0 aliphatic rings. The molecule has 0 radical (unpaired) electrons. The van der Waals surface area contributed by atoms with Crippen molar-refractivity contribution in [3.63, 3.8) is 0 Å². The normalized spacial score (nSPS) is 10.8. The van der Waals surface area contributed by atoms with Crippen molar-refractivity contribution in [3.05, 3.63) is 48.6 Å². The second-order valence-electron chi connectivity index (χ2n) is 5.36. The van der Waals surface area contributed by atoms with Crippen molar-refractivity contribution in [2.75, 3.05) is 26.7 Å². The number of amides is 1. The van der Waals surface area contributed by atoms with E-state index >= 15 is 0 Å². The van der Waals surface area contributed by atoms with Crippen molar-refractivity contribution >= 4 is 5.91 Å². The summed E-state index contributed by atoms with van der Waals surface area (Å²) in [6.07, 6.45) is 2.81. The Labute approximate surface area is 122 Å². The molecule has 1 rings (SSSR count). The number of carbonyl (C=O) groups excluding carboxylic acids is 1. The molecule has 0 aromatic heterocycles. The monoisotopic (exact) mass is 274 g/mol. The highest BCUT2D eigenvalue weighted by molar-refractivity contribution is 5.78. The fourth-order valence-electron chi connectivity index (χ4n) is 1.94. The Morgan fingerprint density at radius 3 is 2.50 bits per heavy atom. The average molecular weight is 274 g/mol. The third kappa shape index (κ3) is 5.57. The van der Waals surface area contributed by atoms with Crippen LogP contribution in [0.1, 0.15) is 19.4 Å². The summed E-state index contributed by atoms with van der Waals surface area (Å²) in [6.45, 7) is 9.89. The summed E-state index contributed by atoms with van der Waals surface area (Å²) in [5.41, 5.74) is 1.30. The van der Waals surface area contributed by atoms with Crippen molar-refractivity contribution < 1.29 is 4.79 Å². The van der Waals surface area contributed by atoms with Gasteiger partial charge in [-0.3, -0.25) is 9.69 Å². The molecule has 0 bridgehead atoms. The zero-order valence-corrected chi connectivity index (χ0v) is 12.9. The van der Waals surface area contributed by atoms with Crippen LogP contribution in [0.2, 0.25) is 0 Å². The number of likely N-dealkylation sites (N-methyl/N-ethyl adjacent to an activating group) is 1. The standard InChI is InChI=1S/C17H26N2O/c1-5-12-19(14-17(20)18(4)15(2)3)13-11-16-9-7-6-8-10-16/h5-10,15H,1,11-14H2,2-4H3. The van der Waals surface area contributed by atoms with Crippen LogP contribution in [0.4, 0.5) is 0 Å². The Kier molecular flexibility index (Phi) is 7.02. The summed E-state index contributed by atoms with van der Waals surface area (Å²) in [7, 11) is 1.86. The number of hydrogen-bond acceptors (Lipinski definition) is 2. The lowest BCUT2D eigenvalue weighted by molar-refractivity contribution is -0.132. The lowest BCUT2D eigenvalue weighted by atomic mass is 10.1. The highest BCUT2D eigenvalue weighted by atomic mass is 16.2. The van der Waals surface area contributed by atoms with Crippen LogP contribution in [0.5, 0.6) is 0 Å². The fourth-order valence-corrected chi connectivity index (χ4v) is 1.94. The Morgan fingerprint density at radius 2 is 1.95 bits per heavy atom. The quantitative estimate of drug-likeness (QED) is 0.680. The van der Waals surface area contributed by atoms with Crippen molar-refractivity contribution in [2.45, 2.75) is 26.3 Å². The van der Waals surface area contributed by atoms with Crippen LogP contribution < -0.4 is 0 Å². The zero-order chi connectivity index (χ0) is 15.0. The molecule has 0 atom stereocenters. The van der Waals surface area contributed by atoms with Gasteiger partial charge in [0.25, 0.3) is 0 Å². The molecule has 3 heteroatoms. The lowest BCUT2D eigenvalue weighted by Crippen LogP contribution is -2.42. The highest BCUT2D eigenvalue weighted by Crippen LogP contribution is 2.03. The number of hydrogen-bond donors (Lipinski definition) is 0. The van der Waals surface area contributed by atoms with Gasteiger partial charge in [0.05, 0.1) is 6.54 Å². The minimum absolute atomic E-state index is 0.162. The van der Waals surface area contributed by atoms with Crippen LogP contribution >= 0.6 is 0 Å². The first-order chi connectivity index (χ1) is 9.54. The second kappa shape index (κ2) is 8.54. The third-order valence-corrected chi connectivity index (χ3v) is 3.47. The summed E-state index contributed by atoms with van der Waals surface area (Å²) in [4.78, 5) is 16.1. The molecule has 0 spiro atoms. The second-order valence-corrected chi connectivity index (χ2v) is 5.36. The van der Waals surface area contributed by atoms with E-state index in [0.717, 1.165) is 19.5 Å². The number of carbonyl (C=O) groups is 1. The molecule has 0 saturated carbocycles. The van der Waals surface area contributed by atoms with Crippen LogP contribution in [0.25, 0.3) is 0 Å². The molecule has 1 amide bonds. The molecule has 0 heterocycles. The van der Waals surface area contributed by atoms with Gasteiger partial charge in [0.2, 0.25) is 5.91 Å². The van der Waals surface area contributed by atoms with E-state index in [1.54, 1.807) is 4.90 Å². The Balaban J connectivity index is 2.52. The number of rotatable bonds is 8. The van der Waals surface area contributed by atoms with Gasteiger partial charge in [0, 0.05) is 26.2 Å². The summed E-state index contributed by atoms with van der Waals surface area (Å²) < 4.78 is 0. The van der Waals surface area contributed by atoms with Crippen molar-refractivity contribution in [1.82, 2.24) is 9.80 Å². The van der Waals surface area contributed by atoms with E-state index in [-0.39, 0.29) is 11.9 Å². The van der Waals surface area contributed by atoms with Crippen molar-refractivity contribution in [2.24, 2.45) is 0 Å². The molecule has 3 nitrogen and oxygen atoms in total. The number of benzene rings is 1. The molecule has 110 valence electrons. The molecule has 0 fully saturated rings. The first kappa shape index (κ1) is 16.4. The average Bonchev–Trinajstić information content (AvgIpc) is 2.45. The van der Waals surface area contributed by atoms with Gasteiger partial charge in [-0.05, 0) is 25.8 Å². The van der Waals surface area contributed by atoms with Crippen molar-refractivity contribution in [3.8, 4) is 0 Å². The summed E-state index contributed by atoms with van der Waals surface area (Å²) in [5, 5.41) is 0. The lowest BCUT2D eigenvalue weighted by Gasteiger charge is -2.26. The third-order valence-electron chi connectivity index (χ3n) is 3.47. The van der Waals surface area contributed by atoms with Gasteiger partial charge in [-0.15, -0.1) is 6.58 Å². The molecular weight excluding hydrogens is 248 g/mol. The highest BCUT2D eigenvalue weighted by Gasteiger charge is 2.15. The van der Waals surface area contributed by atoms with E-state index < -0.39 is 0 Å². The molecule has 0 unspecified atom stereocenters. The molecule has 1 aromatic carbocycles. The Bertz CT molecular complexity index is 414. The van der Waals surface area contributed by atoms with Gasteiger partial charge in [-0.25, -0.2) is 0 Å². The van der Waals surface area contributed by atoms with Crippen LogP contribution in [-0.2, 0) is 11.2 Å². The van der Waals surface area contributed by atoms with E-state index in [9.17, 15) is 4.79 Å². The molecule has 0 aliphatic heterocycles. The maximum Gasteiger partial charge on any atom is 0.236 e. The minimum Gasteiger partial charge on any atom is -0.342 e. The van der Waals surface area contributed by atoms with E-state index in [0.29, 0.717) is 6.54 Å². The first-order valence-corrected chi connectivity index (χ1v) is 7.17. The van der Waals surface area contributed by atoms with Gasteiger partial charge >= 0.3 is 0 Å². The molecule has 1 aromatic rings. The first-order valence-electron chi connectivity index (χ1n) is 7.17. The van der Waals surface area contributed by atoms with Gasteiger partial charge in [0.1, 0.15) is 0 Å². The van der Waals surface area contributed by atoms with Gasteiger partial charge in [-0.2, -0.15) is 0 Å². The van der Waals surface area contributed by atoms with Gasteiger partial charge in [-0.1, -0.05) is 36.4 Å². The van der Waals surface area contributed by atoms with Crippen LogP contribution in [-0.4, -0.2) is 48.4 Å². The van der Waals surface area contributed by atoms with Crippen LogP contribution in [0, 0.1) is 0 Å². The maximum absolute atomic E-state index is 12.1. The summed E-state index contributed by atoms with van der Waals surface area (Å²) in [6, 6.07) is 10.6. The number of nitrogens with zero attached hydrogens (tertiary/aromatic N) is 2. The zero-order valence-electron chi connectivity index (χ0n) is 12.9. The smallest absolute Gasteiger partial charge is 0.236 e.